The molecule has 0 saturated carbocycles. The van der Waals surface area contributed by atoms with Gasteiger partial charge in [0.2, 0.25) is 0 Å². The van der Waals surface area contributed by atoms with Crippen LogP contribution in [0.25, 0.3) is 0 Å². The fraction of sp³-hybridized carbons (Fsp3) is 0.417. The number of ether oxygens (including phenoxy) is 1. The third-order valence-corrected chi connectivity index (χ3v) is 3.16. The van der Waals surface area contributed by atoms with Gasteiger partial charge in [-0.05, 0) is 17.9 Å². The van der Waals surface area contributed by atoms with Crippen LogP contribution in [0.5, 0.6) is 0 Å². The zero-order valence-electron chi connectivity index (χ0n) is 10.2. The molecule has 0 aromatic heterocycles. The summed E-state index contributed by atoms with van der Waals surface area (Å²) in [6.45, 7) is 3.42. The molecule has 4 nitrogen and oxygen atoms in total. The van der Waals surface area contributed by atoms with Crippen LogP contribution in [0.4, 0.5) is 5.69 Å². The quantitative estimate of drug-likeness (QED) is 0.301. The van der Waals surface area contributed by atoms with Gasteiger partial charge in [-0.1, -0.05) is 13.0 Å². The zero-order valence-corrected chi connectivity index (χ0v) is 11.1. The smallest absolute Gasteiger partial charge is 0.126 e. The Labute approximate surface area is 106 Å². The molecular weight excluding hydrogens is 234 g/mol. The summed E-state index contributed by atoms with van der Waals surface area (Å²) in [6, 6.07) is 5.90. The molecule has 5 heteroatoms. The van der Waals surface area contributed by atoms with Crippen molar-refractivity contribution in [3.63, 3.8) is 0 Å². The summed E-state index contributed by atoms with van der Waals surface area (Å²) in [7, 11) is 1.66. The predicted molar refractivity (Wildman–Crippen MR) is 74.2 cm³/mol. The van der Waals surface area contributed by atoms with E-state index in [2.05, 4.69) is 12.2 Å². The minimum atomic E-state index is 0.0986. The van der Waals surface area contributed by atoms with E-state index in [9.17, 15) is 0 Å². The summed E-state index contributed by atoms with van der Waals surface area (Å²) >= 11 is 1.69. The molecule has 4 N–H and O–H groups in total. The van der Waals surface area contributed by atoms with Crippen LogP contribution >= 0.6 is 11.8 Å². The molecule has 0 radical (unpaired) electrons. The van der Waals surface area contributed by atoms with Crippen molar-refractivity contribution in [2.75, 3.05) is 31.3 Å². The Kier molecular flexibility index (Phi) is 5.86. The summed E-state index contributed by atoms with van der Waals surface area (Å²) in [5.74, 6) is 1.06. The average Bonchev–Trinajstić information content (AvgIpc) is 2.29. The second-order valence-corrected chi connectivity index (χ2v) is 4.75. The second-order valence-electron chi connectivity index (χ2n) is 3.44. The van der Waals surface area contributed by atoms with Crippen LogP contribution in [-0.2, 0) is 4.74 Å². The third kappa shape index (κ3) is 3.94. The number of nitrogens with two attached hydrogens (primary N) is 1. The van der Waals surface area contributed by atoms with Gasteiger partial charge in [-0.2, -0.15) is 0 Å². The molecular formula is C12H19N3OS. The molecule has 1 aromatic rings. The normalized spacial score (nSPS) is 10.2. The highest BCUT2D eigenvalue weighted by molar-refractivity contribution is 7.99. The molecule has 0 aliphatic carbocycles. The number of amidine groups is 1. The molecule has 0 amide bonds. The summed E-state index contributed by atoms with van der Waals surface area (Å²) in [5, 5.41) is 10.9. The molecule has 0 bridgehead atoms. The van der Waals surface area contributed by atoms with Gasteiger partial charge in [0.15, 0.2) is 0 Å². The number of methoxy groups -OCH3 is 1. The number of nitrogen functional groups attached to an aromatic ring is 1. The van der Waals surface area contributed by atoms with E-state index >= 15 is 0 Å². The molecule has 0 aliphatic rings. The van der Waals surface area contributed by atoms with E-state index in [0.29, 0.717) is 13.2 Å². The first-order valence-electron chi connectivity index (χ1n) is 5.53. The minimum Gasteiger partial charge on any atom is -0.384 e. The standard InChI is InChI=1S/C12H19N3OS/c1-3-17-10-6-4-5-9(11(10)12(13)14)15-7-8-16-2/h4-6,15H,3,7-8H2,1-2H3,(H3,13,14). The van der Waals surface area contributed by atoms with Crippen molar-refractivity contribution in [3.8, 4) is 0 Å². The van der Waals surface area contributed by atoms with Crippen molar-refractivity contribution >= 4 is 23.3 Å². The van der Waals surface area contributed by atoms with Crippen LogP contribution in [0.3, 0.4) is 0 Å². The lowest BCUT2D eigenvalue weighted by atomic mass is 10.1. The maximum absolute atomic E-state index is 7.67. The van der Waals surface area contributed by atoms with Gasteiger partial charge in [0, 0.05) is 24.2 Å². The Bertz CT molecular complexity index is 382. The van der Waals surface area contributed by atoms with Gasteiger partial charge in [-0.25, -0.2) is 0 Å². The van der Waals surface area contributed by atoms with Crippen molar-refractivity contribution in [1.82, 2.24) is 0 Å². The van der Waals surface area contributed by atoms with Crippen molar-refractivity contribution in [1.29, 1.82) is 5.41 Å². The van der Waals surface area contributed by atoms with Crippen molar-refractivity contribution < 1.29 is 4.74 Å². The molecule has 17 heavy (non-hydrogen) atoms. The van der Waals surface area contributed by atoms with Crippen LogP contribution in [0.2, 0.25) is 0 Å². The van der Waals surface area contributed by atoms with E-state index in [-0.39, 0.29) is 5.84 Å². The molecule has 1 rings (SSSR count). The van der Waals surface area contributed by atoms with E-state index < -0.39 is 0 Å². The molecule has 94 valence electrons. The van der Waals surface area contributed by atoms with Crippen LogP contribution in [-0.4, -0.2) is 31.8 Å². The van der Waals surface area contributed by atoms with Crippen molar-refractivity contribution in [2.24, 2.45) is 5.73 Å². The molecule has 0 saturated heterocycles. The second kappa shape index (κ2) is 7.19. The number of anilines is 1. The maximum Gasteiger partial charge on any atom is 0.126 e. The van der Waals surface area contributed by atoms with Gasteiger partial charge in [-0.15, -0.1) is 11.8 Å². The molecule has 0 aliphatic heterocycles. The highest BCUT2D eigenvalue weighted by atomic mass is 32.2. The highest BCUT2D eigenvalue weighted by Gasteiger charge is 2.10. The summed E-state index contributed by atoms with van der Waals surface area (Å²) < 4.78 is 4.99. The Morgan fingerprint density at radius 3 is 2.88 bits per heavy atom. The van der Waals surface area contributed by atoms with E-state index in [1.54, 1.807) is 18.9 Å². The number of benzene rings is 1. The van der Waals surface area contributed by atoms with Gasteiger partial charge >= 0.3 is 0 Å². The summed E-state index contributed by atoms with van der Waals surface area (Å²) in [6.07, 6.45) is 0. The fourth-order valence-electron chi connectivity index (χ4n) is 1.52. The lowest BCUT2D eigenvalue weighted by molar-refractivity contribution is 0.211. The topological polar surface area (TPSA) is 71.1 Å². The van der Waals surface area contributed by atoms with Crippen molar-refractivity contribution in [3.05, 3.63) is 23.8 Å². The number of nitrogens with one attached hydrogen (secondary N) is 2. The highest BCUT2D eigenvalue weighted by Crippen LogP contribution is 2.28. The van der Waals surface area contributed by atoms with Gasteiger partial charge < -0.3 is 15.8 Å². The average molecular weight is 253 g/mol. The predicted octanol–water partition coefficient (Wildman–Crippen LogP) is 2.14. The van der Waals surface area contributed by atoms with Crippen LogP contribution < -0.4 is 11.1 Å². The van der Waals surface area contributed by atoms with E-state index in [4.69, 9.17) is 15.9 Å². The summed E-state index contributed by atoms with van der Waals surface area (Å²) in [5.41, 5.74) is 7.33. The van der Waals surface area contributed by atoms with E-state index in [1.807, 2.05) is 18.2 Å². The molecule has 0 fully saturated rings. The van der Waals surface area contributed by atoms with E-state index in [1.165, 1.54) is 0 Å². The largest absolute Gasteiger partial charge is 0.384 e. The number of rotatable bonds is 7. The Balaban J connectivity index is 2.94. The van der Waals surface area contributed by atoms with Gasteiger partial charge in [0.1, 0.15) is 5.84 Å². The first kappa shape index (κ1) is 13.9. The van der Waals surface area contributed by atoms with Gasteiger partial charge in [-0.3, -0.25) is 5.41 Å². The number of hydrogen-bond acceptors (Lipinski definition) is 4. The van der Waals surface area contributed by atoms with Gasteiger partial charge in [0.25, 0.3) is 0 Å². The molecule has 1 aromatic carbocycles. The zero-order chi connectivity index (χ0) is 12.7. The Morgan fingerprint density at radius 2 is 2.29 bits per heavy atom. The lowest BCUT2D eigenvalue weighted by Crippen LogP contribution is -2.17. The minimum absolute atomic E-state index is 0.0986. The number of thioether (sulfide) groups is 1. The monoisotopic (exact) mass is 253 g/mol. The maximum atomic E-state index is 7.67. The van der Waals surface area contributed by atoms with Crippen LogP contribution in [0.1, 0.15) is 12.5 Å². The summed E-state index contributed by atoms with van der Waals surface area (Å²) in [4.78, 5) is 1.04. The van der Waals surface area contributed by atoms with Gasteiger partial charge in [0.05, 0.1) is 12.2 Å². The first-order chi connectivity index (χ1) is 8.20. The first-order valence-corrected chi connectivity index (χ1v) is 6.52. The Hall–Kier alpha value is -1.20. The molecule has 0 atom stereocenters. The fourth-order valence-corrected chi connectivity index (χ4v) is 2.37. The van der Waals surface area contributed by atoms with Crippen LogP contribution in [0, 0.1) is 5.41 Å². The lowest BCUT2D eigenvalue weighted by Gasteiger charge is -2.14. The molecule has 0 unspecified atom stereocenters. The number of hydrogen-bond donors (Lipinski definition) is 3. The molecule has 0 heterocycles. The van der Waals surface area contributed by atoms with Crippen molar-refractivity contribution in [2.45, 2.75) is 11.8 Å². The third-order valence-electron chi connectivity index (χ3n) is 2.22. The molecule has 0 spiro atoms. The van der Waals surface area contributed by atoms with E-state index in [0.717, 1.165) is 21.9 Å². The van der Waals surface area contributed by atoms with Crippen LogP contribution in [0.15, 0.2) is 23.1 Å². The Morgan fingerprint density at radius 1 is 1.53 bits per heavy atom. The SMILES string of the molecule is CCSc1cccc(NCCOC)c1C(=N)N.